The van der Waals surface area contributed by atoms with Crippen LogP contribution in [0.2, 0.25) is 5.02 Å². The maximum Gasteiger partial charge on any atom is 0.343 e. The maximum absolute atomic E-state index is 13.4. The number of esters is 1. The van der Waals surface area contributed by atoms with Crippen LogP contribution in [0.5, 0.6) is 11.5 Å². The van der Waals surface area contributed by atoms with Crippen molar-refractivity contribution in [1.82, 2.24) is 10.4 Å². The fraction of sp³-hybridized carbons (Fsp3) is 0.121. The van der Waals surface area contributed by atoms with Crippen LogP contribution in [0, 0.1) is 0 Å². The number of nitrogens with one attached hydrogen (secondary N) is 2. The first kappa shape index (κ1) is 29.9. The number of halogens is 2. The minimum Gasteiger partial charge on any atom is -0.490 e. The van der Waals surface area contributed by atoms with Crippen LogP contribution in [0.25, 0.3) is 22.0 Å². The van der Waals surface area contributed by atoms with Crippen molar-refractivity contribution in [1.29, 1.82) is 0 Å². The molecule has 1 amide bonds. The van der Waals surface area contributed by atoms with E-state index in [1.54, 1.807) is 48.5 Å². The lowest BCUT2D eigenvalue weighted by Crippen LogP contribution is -2.19. The number of H-pyrrole nitrogens is 1. The number of hydrazone groups is 1. The van der Waals surface area contributed by atoms with Gasteiger partial charge in [-0.25, -0.2) is 10.2 Å². The average Bonchev–Trinajstić information content (AvgIpc) is 3.38. The molecule has 4 aromatic carbocycles. The van der Waals surface area contributed by atoms with Gasteiger partial charge in [0.05, 0.1) is 18.4 Å². The summed E-state index contributed by atoms with van der Waals surface area (Å²) in [6.07, 6.45) is 1.49. The molecule has 0 bridgehead atoms. The highest BCUT2D eigenvalue weighted by molar-refractivity contribution is 9.10. The number of benzene rings is 4. The van der Waals surface area contributed by atoms with Crippen molar-refractivity contribution in [3.8, 4) is 22.6 Å². The average molecular weight is 660 g/mol. The summed E-state index contributed by atoms with van der Waals surface area (Å²) >= 11 is 9.93. The monoisotopic (exact) mass is 658 g/mol. The summed E-state index contributed by atoms with van der Waals surface area (Å²) in [5.41, 5.74) is 7.19. The highest BCUT2D eigenvalue weighted by atomic mass is 79.9. The zero-order valence-electron chi connectivity index (χ0n) is 23.7. The summed E-state index contributed by atoms with van der Waals surface area (Å²) in [4.78, 5) is 31.3. The van der Waals surface area contributed by atoms with Crippen molar-refractivity contribution in [3.05, 3.63) is 111 Å². The molecule has 0 aliphatic carbocycles. The summed E-state index contributed by atoms with van der Waals surface area (Å²) in [6.45, 7) is 2.20. The first-order valence-corrected chi connectivity index (χ1v) is 14.6. The van der Waals surface area contributed by atoms with Gasteiger partial charge in [-0.2, -0.15) is 5.10 Å². The number of fused-ring (bicyclic) bond motifs is 1. The number of anilines is 1. The predicted molar refractivity (Wildman–Crippen MR) is 175 cm³/mol. The molecule has 0 atom stereocenters. The maximum atomic E-state index is 13.4. The Hall–Kier alpha value is -4.60. The Morgan fingerprint density at radius 3 is 2.49 bits per heavy atom. The Labute approximate surface area is 262 Å². The Kier molecular flexibility index (Phi) is 9.13. The van der Waals surface area contributed by atoms with Gasteiger partial charge in [-0.05, 0) is 79.2 Å². The summed E-state index contributed by atoms with van der Waals surface area (Å²) in [5, 5.41) is 5.58. The first-order chi connectivity index (χ1) is 20.7. The number of carbonyl (C=O) groups is 2. The van der Waals surface area contributed by atoms with E-state index in [1.807, 2.05) is 62.3 Å². The smallest absolute Gasteiger partial charge is 0.343 e. The summed E-state index contributed by atoms with van der Waals surface area (Å²) in [7, 11) is 3.92. The first-order valence-electron chi connectivity index (χ1n) is 13.4. The number of hydrogen-bond acceptors (Lipinski definition) is 6. The van der Waals surface area contributed by atoms with Crippen LogP contribution in [0.3, 0.4) is 0 Å². The molecule has 43 heavy (non-hydrogen) atoms. The fourth-order valence-electron chi connectivity index (χ4n) is 4.50. The normalized spacial score (nSPS) is 11.1. The van der Waals surface area contributed by atoms with Crippen molar-refractivity contribution >= 4 is 62.2 Å². The van der Waals surface area contributed by atoms with E-state index in [9.17, 15) is 9.59 Å². The second kappa shape index (κ2) is 13.1. The molecule has 0 saturated heterocycles. The lowest BCUT2D eigenvalue weighted by atomic mass is 10.0. The number of aromatic nitrogens is 1. The third-order valence-corrected chi connectivity index (χ3v) is 7.46. The number of aromatic amines is 1. The van der Waals surface area contributed by atoms with Crippen molar-refractivity contribution in [3.63, 3.8) is 0 Å². The van der Waals surface area contributed by atoms with Gasteiger partial charge in [0.15, 0.2) is 11.5 Å². The molecule has 218 valence electrons. The predicted octanol–water partition coefficient (Wildman–Crippen LogP) is 7.70. The van der Waals surface area contributed by atoms with Gasteiger partial charge >= 0.3 is 5.97 Å². The quantitative estimate of drug-likeness (QED) is 0.0732. The van der Waals surface area contributed by atoms with E-state index in [0.717, 1.165) is 26.6 Å². The van der Waals surface area contributed by atoms with Gasteiger partial charge in [-0.1, -0.05) is 45.7 Å². The molecule has 1 heterocycles. The number of hydrogen-bond donors (Lipinski definition) is 2. The van der Waals surface area contributed by atoms with E-state index < -0.39 is 11.9 Å². The number of rotatable bonds is 9. The fourth-order valence-corrected chi connectivity index (χ4v) is 4.99. The molecular formula is C33H28BrClN4O4. The van der Waals surface area contributed by atoms with E-state index in [-0.39, 0.29) is 5.75 Å². The molecule has 0 aliphatic heterocycles. The summed E-state index contributed by atoms with van der Waals surface area (Å²) in [5.74, 6) is -0.293. The standard InChI is InChI=1S/C33H28BrClN4O4/c1-4-42-29-17-20(9-16-28(29)43-33(41)21-10-12-22(34)13-11-21)19-36-38-32(40)31-30(24-7-5-6-8-26(24)35)25-18-23(39(2)3)14-15-27(25)37-31/h5-19,37H,4H2,1-3H3,(H,38,40). The Balaban J connectivity index is 1.39. The van der Waals surface area contributed by atoms with E-state index in [4.69, 9.17) is 21.1 Å². The lowest BCUT2D eigenvalue weighted by molar-refractivity contribution is 0.0728. The van der Waals surface area contributed by atoms with Crippen molar-refractivity contribution in [2.24, 2.45) is 5.10 Å². The number of amides is 1. The molecule has 8 nitrogen and oxygen atoms in total. The van der Waals surface area contributed by atoms with Gasteiger partial charge in [-0.15, -0.1) is 0 Å². The van der Waals surface area contributed by atoms with Gasteiger partial charge in [0, 0.05) is 51.3 Å². The van der Waals surface area contributed by atoms with E-state index in [1.165, 1.54) is 6.21 Å². The lowest BCUT2D eigenvalue weighted by Gasteiger charge is -2.13. The van der Waals surface area contributed by atoms with E-state index >= 15 is 0 Å². The zero-order valence-corrected chi connectivity index (χ0v) is 26.0. The highest BCUT2D eigenvalue weighted by Crippen LogP contribution is 2.38. The third-order valence-electron chi connectivity index (χ3n) is 6.60. The molecule has 0 spiro atoms. The number of nitrogens with zero attached hydrogens (tertiary/aromatic N) is 2. The molecule has 0 saturated carbocycles. The molecule has 1 aromatic heterocycles. The van der Waals surface area contributed by atoms with Crippen molar-refractivity contribution < 1.29 is 19.1 Å². The topological polar surface area (TPSA) is 96.0 Å². The van der Waals surface area contributed by atoms with Gasteiger partial charge in [0.1, 0.15) is 5.69 Å². The van der Waals surface area contributed by atoms with Crippen LogP contribution in [0.15, 0.2) is 94.5 Å². The summed E-state index contributed by atoms with van der Waals surface area (Å²) < 4.78 is 12.2. The highest BCUT2D eigenvalue weighted by Gasteiger charge is 2.21. The molecule has 0 unspecified atom stereocenters. The third kappa shape index (κ3) is 6.74. The largest absolute Gasteiger partial charge is 0.490 e. The van der Waals surface area contributed by atoms with E-state index in [2.05, 4.69) is 31.4 Å². The van der Waals surface area contributed by atoms with Crippen LogP contribution in [0.4, 0.5) is 5.69 Å². The second-order valence-electron chi connectivity index (χ2n) is 9.71. The SMILES string of the molecule is CCOc1cc(C=NNC(=O)c2[nH]c3ccc(N(C)C)cc3c2-c2ccccc2Cl)ccc1OC(=O)c1ccc(Br)cc1. The second-order valence-corrected chi connectivity index (χ2v) is 11.0. The minimum atomic E-state index is -0.507. The van der Waals surface area contributed by atoms with Gasteiger partial charge in [0.25, 0.3) is 5.91 Å². The number of carbonyl (C=O) groups excluding carboxylic acids is 2. The minimum absolute atomic E-state index is 0.274. The van der Waals surface area contributed by atoms with Crippen LogP contribution in [0.1, 0.15) is 33.3 Å². The Morgan fingerprint density at radius 2 is 1.77 bits per heavy atom. The summed E-state index contributed by atoms with van der Waals surface area (Å²) in [6, 6.07) is 25.2. The number of ether oxygens (including phenoxy) is 2. The molecular weight excluding hydrogens is 632 g/mol. The van der Waals surface area contributed by atoms with Gasteiger partial charge in [-0.3, -0.25) is 4.79 Å². The van der Waals surface area contributed by atoms with E-state index in [0.29, 0.717) is 39.8 Å². The van der Waals surface area contributed by atoms with Crippen molar-refractivity contribution in [2.45, 2.75) is 6.92 Å². The molecule has 0 fully saturated rings. The molecule has 0 radical (unpaired) electrons. The molecule has 2 N–H and O–H groups in total. The van der Waals surface area contributed by atoms with Gasteiger partial charge in [0.2, 0.25) is 0 Å². The molecule has 10 heteroatoms. The Morgan fingerprint density at radius 1 is 1.00 bits per heavy atom. The van der Waals surface area contributed by atoms with Crippen LogP contribution in [-0.4, -0.2) is 43.8 Å². The van der Waals surface area contributed by atoms with Crippen LogP contribution < -0.4 is 19.8 Å². The Bertz CT molecular complexity index is 1830. The van der Waals surface area contributed by atoms with Crippen molar-refractivity contribution in [2.75, 3.05) is 25.6 Å². The van der Waals surface area contributed by atoms with Gasteiger partial charge < -0.3 is 19.4 Å². The molecule has 5 rings (SSSR count). The van der Waals surface area contributed by atoms with Crippen LogP contribution in [-0.2, 0) is 0 Å². The molecule has 0 aliphatic rings. The zero-order chi connectivity index (χ0) is 30.5. The van der Waals surface area contributed by atoms with Crippen LogP contribution >= 0.6 is 27.5 Å². The molecule has 5 aromatic rings.